The maximum Gasteiger partial charge on any atom is 0.191 e. The van der Waals surface area contributed by atoms with E-state index in [-0.39, 0.29) is 17.7 Å². The van der Waals surface area contributed by atoms with Gasteiger partial charge in [-0.1, -0.05) is 24.3 Å². The molecule has 0 saturated heterocycles. The normalized spacial score (nSPS) is 13.0. The molecule has 0 aliphatic carbocycles. The second kappa shape index (κ2) is 9.29. The number of halogens is 2. The first-order chi connectivity index (χ1) is 12.4. The molecule has 0 aromatic heterocycles. The lowest BCUT2D eigenvalue weighted by atomic mass is 10.1. The minimum atomic E-state index is -0.252. The summed E-state index contributed by atoms with van der Waals surface area (Å²) in [6.07, 6.45) is 0. The van der Waals surface area contributed by atoms with Crippen molar-refractivity contribution in [2.45, 2.75) is 19.5 Å². The number of aliphatic imine (C=N–C) groups is 1. The molecule has 2 aromatic rings. The van der Waals surface area contributed by atoms with Gasteiger partial charge in [0.2, 0.25) is 0 Å². The van der Waals surface area contributed by atoms with Crippen LogP contribution >= 0.6 is 0 Å². The van der Waals surface area contributed by atoms with Gasteiger partial charge in [-0.15, -0.1) is 0 Å². The molecule has 0 bridgehead atoms. The lowest BCUT2D eigenvalue weighted by Crippen LogP contribution is -2.41. The van der Waals surface area contributed by atoms with Crippen molar-refractivity contribution in [3.8, 4) is 0 Å². The molecule has 2 aromatic carbocycles. The molecule has 1 atom stereocenters. The molecule has 0 saturated carbocycles. The number of nitrogens with zero attached hydrogens (tertiary/aromatic N) is 2. The standard InChI is InChI=1S/C20H26F2N4/c1-14-8-9-15(10-18(14)22)12-24-20(23-2)25-13-19(26(3)4)16-6-5-7-17(21)11-16/h5-11,19H,12-13H2,1-4H3,(H2,23,24,25). The maximum atomic E-state index is 13.6. The van der Waals surface area contributed by atoms with Crippen LogP contribution < -0.4 is 10.6 Å². The highest BCUT2D eigenvalue weighted by Gasteiger charge is 2.15. The SMILES string of the molecule is CN=C(NCc1ccc(C)c(F)c1)NCC(c1cccc(F)c1)N(C)C. The number of nitrogens with one attached hydrogen (secondary N) is 2. The third kappa shape index (κ3) is 5.52. The second-order valence-electron chi connectivity index (χ2n) is 6.42. The summed E-state index contributed by atoms with van der Waals surface area (Å²) in [7, 11) is 5.57. The maximum absolute atomic E-state index is 13.6. The molecule has 26 heavy (non-hydrogen) atoms. The summed E-state index contributed by atoms with van der Waals surface area (Å²) in [5.41, 5.74) is 2.35. The van der Waals surface area contributed by atoms with Crippen LogP contribution in [-0.2, 0) is 6.54 Å². The van der Waals surface area contributed by atoms with E-state index in [0.29, 0.717) is 24.6 Å². The van der Waals surface area contributed by atoms with Crippen LogP contribution in [0.4, 0.5) is 8.78 Å². The van der Waals surface area contributed by atoms with Crippen LogP contribution in [0.1, 0.15) is 22.7 Å². The van der Waals surface area contributed by atoms with Crippen LogP contribution in [0, 0.1) is 18.6 Å². The summed E-state index contributed by atoms with van der Waals surface area (Å²) >= 11 is 0. The highest BCUT2D eigenvalue weighted by molar-refractivity contribution is 5.79. The van der Waals surface area contributed by atoms with E-state index in [1.54, 1.807) is 26.1 Å². The minimum Gasteiger partial charge on any atom is -0.354 e. The largest absolute Gasteiger partial charge is 0.354 e. The highest BCUT2D eigenvalue weighted by atomic mass is 19.1. The van der Waals surface area contributed by atoms with Gasteiger partial charge in [0.05, 0.1) is 6.04 Å². The molecule has 0 heterocycles. The van der Waals surface area contributed by atoms with Crippen molar-refractivity contribution in [3.63, 3.8) is 0 Å². The summed E-state index contributed by atoms with van der Waals surface area (Å²) in [5.74, 6) is 0.138. The van der Waals surface area contributed by atoms with Gasteiger partial charge in [0, 0.05) is 20.1 Å². The van der Waals surface area contributed by atoms with Gasteiger partial charge in [0.15, 0.2) is 5.96 Å². The predicted octanol–water partition coefficient (Wildman–Crippen LogP) is 3.24. The zero-order chi connectivity index (χ0) is 19.1. The van der Waals surface area contributed by atoms with Gasteiger partial charge in [-0.25, -0.2) is 8.78 Å². The molecular weight excluding hydrogens is 334 g/mol. The fourth-order valence-electron chi connectivity index (χ4n) is 2.66. The minimum absolute atomic E-state index is 0.0129. The predicted molar refractivity (Wildman–Crippen MR) is 102 cm³/mol. The molecule has 0 spiro atoms. The van der Waals surface area contributed by atoms with E-state index in [4.69, 9.17) is 0 Å². The summed E-state index contributed by atoms with van der Waals surface area (Å²) in [4.78, 5) is 6.21. The number of likely N-dealkylation sites (N-methyl/N-ethyl adjacent to an activating group) is 1. The smallest absolute Gasteiger partial charge is 0.191 e. The Morgan fingerprint density at radius 2 is 1.88 bits per heavy atom. The van der Waals surface area contributed by atoms with Gasteiger partial charge >= 0.3 is 0 Å². The quantitative estimate of drug-likeness (QED) is 0.614. The van der Waals surface area contributed by atoms with Crippen LogP contribution in [0.2, 0.25) is 0 Å². The molecule has 6 heteroatoms. The first kappa shape index (κ1) is 19.8. The summed E-state index contributed by atoms with van der Waals surface area (Å²) in [6, 6.07) is 11.7. The van der Waals surface area contributed by atoms with Crippen molar-refractivity contribution in [3.05, 3.63) is 70.8 Å². The van der Waals surface area contributed by atoms with E-state index >= 15 is 0 Å². The van der Waals surface area contributed by atoms with Gasteiger partial charge < -0.3 is 15.5 Å². The Balaban J connectivity index is 1.96. The Morgan fingerprint density at radius 3 is 2.50 bits per heavy atom. The molecule has 140 valence electrons. The van der Waals surface area contributed by atoms with Crippen molar-refractivity contribution in [2.75, 3.05) is 27.7 Å². The van der Waals surface area contributed by atoms with Crippen LogP contribution in [0.3, 0.4) is 0 Å². The third-order valence-corrected chi connectivity index (χ3v) is 4.24. The Labute approximate surface area is 153 Å². The van der Waals surface area contributed by atoms with Crippen molar-refractivity contribution < 1.29 is 8.78 Å². The fraction of sp³-hybridized carbons (Fsp3) is 0.350. The van der Waals surface area contributed by atoms with Gasteiger partial charge in [0.1, 0.15) is 11.6 Å². The Bertz CT molecular complexity index is 759. The van der Waals surface area contributed by atoms with Crippen molar-refractivity contribution >= 4 is 5.96 Å². The molecule has 0 amide bonds. The number of hydrogen-bond donors (Lipinski definition) is 2. The summed E-state index contributed by atoms with van der Waals surface area (Å²) < 4.78 is 27.2. The molecule has 0 fully saturated rings. The molecular formula is C20H26F2N4. The average Bonchev–Trinajstić information content (AvgIpc) is 2.60. The number of rotatable bonds is 6. The molecule has 2 N–H and O–H groups in total. The van der Waals surface area contributed by atoms with Crippen LogP contribution in [-0.4, -0.2) is 38.5 Å². The van der Waals surface area contributed by atoms with Gasteiger partial charge in [0.25, 0.3) is 0 Å². The topological polar surface area (TPSA) is 39.7 Å². The van der Waals surface area contributed by atoms with Gasteiger partial charge in [-0.2, -0.15) is 0 Å². The first-order valence-electron chi connectivity index (χ1n) is 8.52. The zero-order valence-electron chi connectivity index (χ0n) is 15.7. The molecule has 4 nitrogen and oxygen atoms in total. The Morgan fingerprint density at radius 1 is 1.12 bits per heavy atom. The zero-order valence-corrected chi connectivity index (χ0v) is 15.7. The molecule has 2 rings (SSSR count). The summed E-state index contributed by atoms with van der Waals surface area (Å²) in [6.45, 7) is 2.75. The van der Waals surface area contributed by atoms with E-state index in [1.165, 1.54) is 18.2 Å². The number of aryl methyl sites for hydroxylation is 1. The second-order valence-corrected chi connectivity index (χ2v) is 6.42. The Kier molecular flexibility index (Phi) is 7.09. The highest BCUT2D eigenvalue weighted by Crippen LogP contribution is 2.18. The lowest BCUT2D eigenvalue weighted by Gasteiger charge is -2.26. The number of benzene rings is 2. The van der Waals surface area contributed by atoms with E-state index in [2.05, 4.69) is 15.6 Å². The molecule has 0 aliphatic rings. The van der Waals surface area contributed by atoms with E-state index in [0.717, 1.165) is 11.1 Å². The monoisotopic (exact) mass is 360 g/mol. The van der Waals surface area contributed by atoms with Crippen molar-refractivity contribution in [2.24, 2.45) is 4.99 Å². The molecule has 1 unspecified atom stereocenters. The van der Waals surface area contributed by atoms with E-state index in [9.17, 15) is 8.78 Å². The first-order valence-corrected chi connectivity index (χ1v) is 8.52. The van der Waals surface area contributed by atoms with Crippen LogP contribution in [0.15, 0.2) is 47.5 Å². The summed E-state index contributed by atoms with van der Waals surface area (Å²) in [5, 5.41) is 6.42. The van der Waals surface area contributed by atoms with E-state index < -0.39 is 0 Å². The van der Waals surface area contributed by atoms with Gasteiger partial charge in [-0.3, -0.25) is 4.99 Å². The van der Waals surface area contributed by atoms with E-state index in [1.807, 2.05) is 31.1 Å². The fourth-order valence-corrected chi connectivity index (χ4v) is 2.66. The van der Waals surface area contributed by atoms with Crippen molar-refractivity contribution in [1.82, 2.24) is 15.5 Å². The average molecular weight is 360 g/mol. The molecule has 0 radical (unpaired) electrons. The Hall–Kier alpha value is -2.47. The molecule has 0 aliphatic heterocycles. The van der Waals surface area contributed by atoms with Crippen molar-refractivity contribution in [1.29, 1.82) is 0 Å². The van der Waals surface area contributed by atoms with Gasteiger partial charge in [-0.05, 0) is 55.9 Å². The number of guanidine groups is 1. The third-order valence-electron chi connectivity index (χ3n) is 4.24. The lowest BCUT2D eigenvalue weighted by molar-refractivity contribution is 0.297. The number of hydrogen-bond acceptors (Lipinski definition) is 2. The van der Waals surface area contributed by atoms with Crippen LogP contribution in [0.25, 0.3) is 0 Å². The van der Waals surface area contributed by atoms with Crippen LogP contribution in [0.5, 0.6) is 0 Å².